The minimum absolute atomic E-state index is 0.0402. The average molecular weight is 317 g/mol. The van der Waals surface area contributed by atoms with Gasteiger partial charge >= 0.3 is 0 Å². The van der Waals surface area contributed by atoms with Gasteiger partial charge < -0.3 is 15.8 Å². The first-order valence-electron chi connectivity index (χ1n) is 8.49. The van der Waals surface area contributed by atoms with Gasteiger partial charge in [-0.2, -0.15) is 0 Å². The lowest BCUT2D eigenvalue weighted by atomic mass is 9.90. The second kappa shape index (κ2) is 6.49. The van der Waals surface area contributed by atoms with Crippen LogP contribution in [0.15, 0.2) is 24.3 Å². The summed E-state index contributed by atoms with van der Waals surface area (Å²) in [6.07, 6.45) is 1.87. The van der Waals surface area contributed by atoms with Gasteiger partial charge in [0.25, 0.3) is 0 Å². The number of likely N-dealkylation sites (tertiary alicyclic amines) is 1. The zero-order valence-corrected chi connectivity index (χ0v) is 14.0. The highest BCUT2D eigenvalue weighted by Crippen LogP contribution is 2.32. The van der Waals surface area contributed by atoms with Crippen molar-refractivity contribution in [3.63, 3.8) is 0 Å². The van der Waals surface area contributed by atoms with Crippen LogP contribution in [0.3, 0.4) is 0 Å². The van der Waals surface area contributed by atoms with Crippen molar-refractivity contribution in [1.82, 2.24) is 10.2 Å². The lowest BCUT2D eigenvalue weighted by Crippen LogP contribution is -2.46. The molecule has 5 nitrogen and oxygen atoms in total. The van der Waals surface area contributed by atoms with E-state index in [-0.39, 0.29) is 23.4 Å². The van der Waals surface area contributed by atoms with Crippen LogP contribution in [-0.4, -0.2) is 43.1 Å². The third-order valence-electron chi connectivity index (χ3n) is 5.28. The molecule has 0 bridgehead atoms. The first-order chi connectivity index (χ1) is 11.0. The van der Waals surface area contributed by atoms with E-state index in [0.29, 0.717) is 13.2 Å². The molecule has 2 aliphatic heterocycles. The molecule has 3 N–H and O–H groups in total. The molecule has 2 aliphatic rings. The Morgan fingerprint density at radius 2 is 2.30 bits per heavy atom. The van der Waals surface area contributed by atoms with Crippen molar-refractivity contribution in [3.05, 3.63) is 29.8 Å². The largest absolute Gasteiger partial charge is 0.493 e. The van der Waals surface area contributed by atoms with Crippen molar-refractivity contribution >= 4 is 5.91 Å². The Kier molecular flexibility index (Phi) is 4.60. The van der Waals surface area contributed by atoms with Crippen molar-refractivity contribution in [2.45, 2.75) is 38.8 Å². The second-order valence-corrected chi connectivity index (χ2v) is 7.15. The van der Waals surface area contributed by atoms with E-state index in [0.717, 1.165) is 37.2 Å². The zero-order chi connectivity index (χ0) is 16.4. The SMILES string of the molecule is CC(C(=O)NC1CCOc2ccccc21)N1CCC(C)(CN)C1. The topological polar surface area (TPSA) is 67.6 Å². The number of carbonyl (C=O) groups is 1. The Hall–Kier alpha value is -1.59. The summed E-state index contributed by atoms with van der Waals surface area (Å²) in [5.74, 6) is 0.974. The molecule has 3 atom stereocenters. The van der Waals surface area contributed by atoms with E-state index in [2.05, 4.69) is 17.1 Å². The van der Waals surface area contributed by atoms with E-state index in [4.69, 9.17) is 10.5 Å². The molecule has 5 heteroatoms. The number of nitrogens with one attached hydrogen (secondary N) is 1. The van der Waals surface area contributed by atoms with Crippen LogP contribution in [-0.2, 0) is 4.79 Å². The number of hydrogen-bond donors (Lipinski definition) is 2. The van der Waals surface area contributed by atoms with Gasteiger partial charge in [0.05, 0.1) is 18.7 Å². The summed E-state index contributed by atoms with van der Waals surface area (Å²) in [6, 6.07) is 7.86. The summed E-state index contributed by atoms with van der Waals surface area (Å²) in [6.45, 7) is 7.33. The first kappa shape index (κ1) is 16.3. The molecular formula is C18H27N3O2. The van der Waals surface area contributed by atoms with E-state index in [1.165, 1.54) is 0 Å². The van der Waals surface area contributed by atoms with Crippen LogP contribution < -0.4 is 15.8 Å². The number of nitrogens with zero attached hydrogens (tertiary/aromatic N) is 1. The molecule has 0 radical (unpaired) electrons. The molecule has 1 saturated heterocycles. The number of hydrogen-bond acceptors (Lipinski definition) is 4. The van der Waals surface area contributed by atoms with Crippen molar-refractivity contribution in [2.24, 2.45) is 11.1 Å². The third-order valence-corrected chi connectivity index (χ3v) is 5.28. The predicted molar refractivity (Wildman–Crippen MR) is 90.3 cm³/mol. The summed E-state index contributed by atoms with van der Waals surface area (Å²) in [5.41, 5.74) is 7.08. The summed E-state index contributed by atoms with van der Waals surface area (Å²) < 4.78 is 5.66. The molecule has 2 heterocycles. The predicted octanol–water partition coefficient (Wildman–Crippen LogP) is 1.69. The maximum atomic E-state index is 12.7. The van der Waals surface area contributed by atoms with Gasteiger partial charge in [-0.3, -0.25) is 9.69 Å². The van der Waals surface area contributed by atoms with Crippen LogP contribution in [0.5, 0.6) is 5.75 Å². The fourth-order valence-electron chi connectivity index (χ4n) is 3.51. The maximum absolute atomic E-state index is 12.7. The lowest BCUT2D eigenvalue weighted by Gasteiger charge is -2.30. The van der Waals surface area contributed by atoms with Gasteiger partial charge in [0.15, 0.2) is 0 Å². The standard InChI is InChI=1S/C18H27N3O2/c1-13(21-9-8-18(2,11-19)12-21)17(22)20-15-7-10-23-16-6-4-3-5-14(15)16/h3-6,13,15H,7-12,19H2,1-2H3,(H,20,22). The van der Waals surface area contributed by atoms with Crippen LogP contribution in [0.2, 0.25) is 0 Å². The van der Waals surface area contributed by atoms with Crippen molar-refractivity contribution in [3.8, 4) is 5.75 Å². The van der Waals surface area contributed by atoms with Crippen molar-refractivity contribution in [2.75, 3.05) is 26.2 Å². The number of carbonyl (C=O) groups excluding carboxylic acids is 1. The molecule has 0 saturated carbocycles. The number of nitrogens with two attached hydrogens (primary N) is 1. The van der Waals surface area contributed by atoms with E-state index in [1.54, 1.807) is 0 Å². The van der Waals surface area contributed by atoms with Gasteiger partial charge in [0.2, 0.25) is 5.91 Å². The van der Waals surface area contributed by atoms with Crippen molar-refractivity contribution in [1.29, 1.82) is 0 Å². The number of ether oxygens (including phenoxy) is 1. The number of benzene rings is 1. The minimum Gasteiger partial charge on any atom is -0.493 e. The summed E-state index contributed by atoms with van der Waals surface area (Å²) >= 11 is 0. The third kappa shape index (κ3) is 3.35. The van der Waals surface area contributed by atoms with Crippen LogP contribution in [0.4, 0.5) is 0 Å². The minimum atomic E-state index is -0.126. The molecule has 1 fully saturated rings. The van der Waals surface area contributed by atoms with Crippen LogP contribution in [0, 0.1) is 5.41 Å². The van der Waals surface area contributed by atoms with E-state index in [9.17, 15) is 4.79 Å². The summed E-state index contributed by atoms with van der Waals surface area (Å²) in [7, 11) is 0. The van der Waals surface area contributed by atoms with E-state index in [1.807, 2.05) is 31.2 Å². The lowest BCUT2D eigenvalue weighted by molar-refractivity contribution is -0.126. The summed E-state index contributed by atoms with van der Waals surface area (Å²) in [5, 5.41) is 3.21. The molecule has 1 amide bonds. The Labute approximate surface area is 138 Å². The van der Waals surface area contributed by atoms with Crippen molar-refractivity contribution < 1.29 is 9.53 Å². The summed E-state index contributed by atoms with van der Waals surface area (Å²) in [4.78, 5) is 14.9. The second-order valence-electron chi connectivity index (χ2n) is 7.15. The number of amides is 1. The fourth-order valence-corrected chi connectivity index (χ4v) is 3.51. The Bertz CT molecular complexity index is 577. The van der Waals surface area contributed by atoms with E-state index < -0.39 is 0 Å². The monoisotopic (exact) mass is 317 g/mol. The molecule has 3 rings (SSSR count). The Morgan fingerprint density at radius 1 is 1.52 bits per heavy atom. The highest BCUT2D eigenvalue weighted by Gasteiger charge is 2.37. The Balaban J connectivity index is 1.64. The first-order valence-corrected chi connectivity index (χ1v) is 8.49. The molecule has 1 aromatic rings. The molecule has 23 heavy (non-hydrogen) atoms. The molecule has 0 aliphatic carbocycles. The molecule has 3 unspecified atom stereocenters. The molecular weight excluding hydrogens is 290 g/mol. The van der Waals surface area contributed by atoms with Crippen LogP contribution in [0.25, 0.3) is 0 Å². The van der Waals surface area contributed by atoms with Gasteiger partial charge in [0.1, 0.15) is 5.75 Å². The van der Waals surface area contributed by atoms with Gasteiger partial charge in [-0.1, -0.05) is 25.1 Å². The van der Waals surface area contributed by atoms with Gasteiger partial charge in [-0.15, -0.1) is 0 Å². The zero-order valence-electron chi connectivity index (χ0n) is 14.0. The highest BCUT2D eigenvalue weighted by atomic mass is 16.5. The molecule has 1 aromatic carbocycles. The van der Waals surface area contributed by atoms with Gasteiger partial charge in [-0.25, -0.2) is 0 Å². The average Bonchev–Trinajstić information content (AvgIpc) is 2.97. The number of fused-ring (bicyclic) bond motifs is 1. The normalized spacial score (nSPS) is 28.7. The van der Waals surface area contributed by atoms with Gasteiger partial charge in [-0.05, 0) is 37.9 Å². The number of rotatable bonds is 4. The number of para-hydroxylation sites is 1. The van der Waals surface area contributed by atoms with E-state index >= 15 is 0 Å². The van der Waals surface area contributed by atoms with Gasteiger partial charge in [0, 0.05) is 18.5 Å². The maximum Gasteiger partial charge on any atom is 0.237 e. The molecule has 126 valence electrons. The quantitative estimate of drug-likeness (QED) is 0.887. The molecule has 0 aromatic heterocycles. The van der Waals surface area contributed by atoms with Crippen LogP contribution in [0.1, 0.15) is 38.3 Å². The smallest absolute Gasteiger partial charge is 0.237 e. The van der Waals surface area contributed by atoms with Crippen LogP contribution >= 0.6 is 0 Å². The highest BCUT2D eigenvalue weighted by molar-refractivity contribution is 5.82. The fraction of sp³-hybridized carbons (Fsp3) is 0.611. The Morgan fingerprint density at radius 3 is 3.04 bits per heavy atom. The molecule has 0 spiro atoms.